The van der Waals surface area contributed by atoms with Gasteiger partial charge in [0.05, 0.1) is 25.9 Å². The molecule has 1 fully saturated rings. The molecule has 0 saturated carbocycles. The van der Waals surface area contributed by atoms with Crippen LogP contribution < -0.4 is 5.32 Å². The van der Waals surface area contributed by atoms with Gasteiger partial charge in [-0.05, 0) is 36.5 Å². The zero-order chi connectivity index (χ0) is 20.1. The molecule has 150 valence electrons. The Morgan fingerprint density at radius 3 is 2.46 bits per heavy atom. The van der Waals surface area contributed by atoms with Gasteiger partial charge in [-0.2, -0.15) is 0 Å². The molecule has 1 aliphatic rings. The summed E-state index contributed by atoms with van der Waals surface area (Å²) in [5.41, 5.74) is 4.68. The molecule has 2 aromatic carbocycles. The molecule has 28 heavy (non-hydrogen) atoms. The van der Waals surface area contributed by atoms with E-state index < -0.39 is 6.10 Å². The zero-order valence-electron chi connectivity index (χ0n) is 17.3. The maximum Gasteiger partial charge on any atom is 0.249 e. The maximum atomic E-state index is 12.8. The predicted molar refractivity (Wildman–Crippen MR) is 111 cm³/mol. The largest absolute Gasteiger partial charge is 0.380 e. The first-order valence-corrected chi connectivity index (χ1v) is 10.1. The average Bonchev–Trinajstić information content (AvgIpc) is 2.61. The minimum atomic E-state index is -0.483. The van der Waals surface area contributed by atoms with Gasteiger partial charge in [0.1, 0.15) is 6.10 Å². The Kier molecular flexibility index (Phi) is 6.87. The lowest BCUT2D eigenvalue weighted by Gasteiger charge is -2.27. The molecule has 2 aromatic rings. The third-order valence-corrected chi connectivity index (χ3v) is 5.29. The lowest BCUT2D eigenvalue weighted by atomic mass is 9.96. The predicted octanol–water partition coefficient (Wildman–Crippen LogP) is 4.53. The number of benzene rings is 2. The van der Waals surface area contributed by atoms with Crippen LogP contribution in [0, 0.1) is 12.8 Å². The fraction of sp³-hybridized carbons (Fsp3) is 0.458. The molecular formula is C24H31NO3. The smallest absolute Gasteiger partial charge is 0.249 e. The monoisotopic (exact) mass is 381 g/mol. The molecule has 2 unspecified atom stereocenters. The van der Waals surface area contributed by atoms with Gasteiger partial charge in [0.15, 0.2) is 0 Å². The van der Waals surface area contributed by atoms with Crippen molar-refractivity contribution in [2.45, 2.75) is 52.4 Å². The van der Waals surface area contributed by atoms with Gasteiger partial charge >= 0.3 is 0 Å². The SMILES string of the molecule is Cc1ccc(C(C)NC(=O)C(OCc2cccc(C3COC3)c2)C(C)C)cc1. The van der Waals surface area contributed by atoms with Crippen LogP contribution in [0.3, 0.4) is 0 Å². The highest BCUT2D eigenvalue weighted by Gasteiger charge is 2.25. The number of hydrogen-bond acceptors (Lipinski definition) is 3. The van der Waals surface area contributed by atoms with Crippen LogP contribution in [0.5, 0.6) is 0 Å². The summed E-state index contributed by atoms with van der Waals surface area (Å²) < 4.78 is 11.3. The highest BCUT2D eigenvalue weighted by atomic mass is 16.5. The van der Waals surface area contributed by atoms with E-state index in [1.54, 1.807) is 0 Å². The summed E-state index contributed by atoms with van der Waals surface area (Å²) in [5, 5.41) is 3.10. The van der Waals surface area contributed by atoms with Crippen molar-refractivity contribution in [2.75, 3.05) is 13.2 Å². The van der Waals surface area contributed by atoms with Crippen LogP contribution in [0.15, 0.2) is 48.5 Å². The Morgan fingerprint density at radius 2 is 1.86 bits per heavy atom. The van der Waals surface area contributed by atoms with Gasteiger partial charge in [0.2, 0.25) is 5.91 Å². The average molecular weight is 382 g/mol. The summed E-state index contributed by atoms with van der Waals surface area (Å²) in [6.45, 7) is 10.1. The van der Waals surface area contributed by atoms with Crippen molar-refractivity contribution < 1.29 is 14.3 Å². The van der Waals surface area contributed by atoms with Gasteiger partial charge in [0.25, 0.3) is 0 Å². The number of carbonyl (C=O) groups excluding carboxylic acids is 1. The van der Waals surface area contributed by atoms with E-state index >= 15 is 0 Å². The highest BCUT2D eigenvalue weighted by Crippen LogP contribution is 2.25. The van der Waals surface area contributed by atoms with Gasteiger partial charge in [-0.15, -0.1) is 0 Å². The second-order valence-corrected chi connectivity index (χ2v) is 8.10. The Labute approximate surface area is 168 Å². The number of ether oxygens (including phenoxy) is 2. The number of carbonyl (C=O) groups is 1. The summed E-state index contributed by atoms with van der Waals surface area (Å²) in [5.74, 6) is 0.513. The summed E-state index contributed by atoms with van der Waals surface area (Å²) in [4.78, 5) is 12.8. The number of amides is 1. The quantitative estimate of drug-likeness (QED) is 0.731. The maximum absolute atomic E-state index is 12.8. The Morgan fingerprint density at radius 1 is 1.14 bits per heavy atom. The number of nitrogens with one attached hydrogen (secondary N) is 1. The minimum absolute atomic E-state index is 0.0557. The van der Waals surface area contributed by atoms with Gasteiger partial charge < -0.3 is 14.8 Å². The van der Waals surface area contributed by atoms with Crippen molar-refractivity contribution >= 4 is 5.91 Å². The normalized spacial score (nSPS) is 16.5. The second kappa shape index (κ2) is 9.35. The van der Waals surface area contributed by atoms with Gasteiger partial charge in [-0.3, -0.25) is 4.79 Å². The first-order valence-electron chi connectivity index (χ1n) is 10.1. The first kappa shape index (κ1) is 20.6. The Hall–Kier alpha value is -2.17. The lowest BCUT2D eigenvalue weighted by Crippen LogP contribution is -2.40. The molecule has 0 spiro atoms. The molecule has 0 aliphatic carbocycles. The van der Waals surface area contributed by atoms with E-state index in [4.69, 9.17) is 9.47 Å². The lowest BCUT2D eigenvalue weighted by molar-refractivity contribution is -0.137. The first-order chi connectivity index (χ1) is 13.4. The summed E-state index contributed by atoms with van der Waals surface area (Å²) in [6.07, 6.45) is -0.483. The van der Waals surface area contributed by atoms with Crippen molar-refractivity contribution in [1.82, 2.24) is 5.32 Å². The van der Waals surface area contributed by atoms with Crippen LogP contribution in [-0.4, -0.2) is 25.2 Å². The van der Waals surface area contributed by atoms with E-state index in [0.29, 0.717) is 12.5 Å². The van der Waals surface area contributed by atoms with Crippen LogP contribution >= 0.6 is 0 Å². The summed E-state index contributed by atoms with van der Waals surface area (Å²) in [7, 11) is 0. The van der Waals surface area contributed by atoms with Crippen LogP contribution in [0.1, 0.15) is 55.0 Å². The van der Waals surface area contributed by atoms with Crippen LogP contribution in [0.4, 0.5) is 0 Å². The van der Waals surface area contributed by atoms with E-state index in [-0.39, 0.29) is 17.9 Å². The molecule has 0 radical (unpaired) electrons. The van der Waals surface area contributed by atoms with Crippen molar-refractivity contribution in [3.05, 3.63) is 70.8 Å². The molecule has 0 aromatic heterocycles. The van der Waals surface area contributed by atoms with E-state index in [0.717, 1.165) is 24.3 Å². The number of aryl methyl sites for hydroxylation is 1. The van der Waals surface area contributed by atoms with Crippen molar-refractivity contribution in [2.24, 2.45) is 5.92 Å². The molecule has 3 rings (SSSR count). The number of hydrogen-bond donors (Lipinski definition) is 1. The molecule has 1 heterocycles. The van der Waals surface area contributed by atoms with Crippen molar-refractivity contribution in [3.8, 4) is 0 Å². The van der Waals surface area contributed by atoms with E-state index in [2.05, 4.69) is 54.7 Å². The molecule has 1 saturated heterocycles. The van der Waals surface area contributed by atoms with Gasteiger partial charge in [0, 0.05) is 5.92 Å². The Balaban J connectivity index is 1.59. The van der Waals surface area contributed by atoms with Crippen LogP contribution in [0.2, 0.25) is 0 Å². The van der Waals surface area contributed by atoms with E-state index in [9.17, 15) is 4.79 Å². The molecule has 1 N–H and O–H groups in total. The minimum Gasteiger partial charge on any atom is -0.380 e. The second-order valence-electron chi connectivity index (χ2n) is 8.10. The van der Waals surface area contributed by atoms with Gasteiger partial charge in [-0.1, -0.05) is 67.9 Å². The van der Waals surface area contributed by atoms with Crippen LogP contribution in [0.25, 0.3) is 0 Å². The van der Waals surface area contributed by atoms with Crippen molar-refractivity contribution in [1.29, 1.82) is 0 Å². The summed E-state index contributed by atoms with van der Waals surface area (Å²) >= 11 is 0. The van der Waals surface area contributed by atoms with E-state index in [1.165, 1.54) is 11.1 Å². The van der Waals surface area contributed by atoms with E-state index in [1.807, 2.05) is 26.8 Å². The fourth-order valence-electron chi connectivity index (χ4n) is 3.36. The Bertz CT molecular complexity index is 781. The molecule has 1 amide bonds. The molecule has 4 nitrogen and oxygen atoms in total. The summed E-state index contributed by atoms with van der Waals surface area (Å²) in [6, 6.07) is 16.6. The third kappa shape index (κ3) is 5.21. The highest BCUT2D eigenvalue weighted by molar-refractivity contribution is 5.81. The van der Waals surface area contributed by atoms with Crippen LogP contribution in [-0.2, 0) is 20.9 Å². The molecule has 4 heteroatoms. The molecule has 2 atom stereocenters. The third-order valence-electron chi connectivity index (χ3n) is 5.29. The zero-order valence-corrected chi connectivity index (χ0v) is 17.3. The molecule has 1 aliphatic heterocycles. The fourth-order valence-corrected chi connectivity index (χ4v) is 3.36. The standard InChI is InChI=1S/C24H31NO3/c1-16(2)23(24(26)25-18(4)20-10-8-17(3)9-11-20)28-13-19-6-5-7-21(12-19)22-14-27-15-22/h5-12,16,18,22-23H,13-15H2,1-4H3,(H,25,26). The van der Waals surface area contributed by atoms with Gasteiger partial charge in [-0.25, -0.2) is 0 Å². The number of rotatable bonds is 8. The molecule has 0 bridgehead atoms. The van der Waals surface area contributed by atoms with Crippen molar-refractivity contribution in [3.63, 3.8) is 0 Å². The molecular weight excluding hydrogens is 350 g/mol. The topological polar surface area (TPSA) is 47.6 Å².